The third-order valence-corrected chi connectivity index (χ3v) is 7.50. The molecule has 178 valence electrons. The van der Waals surface area contributed by atoms with Gasteiger partial charge in [0.2, 0.25) is 5.85 Å². The van der Waals surface area contributed by atoms with Crippen molar-refractivity contribution in [2.45, 2.75) is 31.3 Å². The normalized spacial score (nSPS) is 24.4. The van der Waals surface area contributed by atoms with Gasteiger partial charge in [0, 0.05) is 7.11 Å². The van der Waals surface area contributed by atoms with Crippen molar-refractivity contribution in [1.82, 2.24) is 0 Å². The Hall–Kier alpha value is -2.80. The van der Waals surface area contributed by atoms with E-state index in [0.717, 1.165) is 11.1 Å². The van der Waals surface area contributed by atoms with Crippen LogP contribution in [0.3, 0.4) is 0 Å². The maximum absolute atomic E-state index is 13.5. The van der Waals surface area contributed by atoms with Crippen LogP contribution in [-0.2, 0) is 41.0 Å². The Kier molecular flexibility index (Phi) is 8.27. The molecule has 1 aliphatic rings. The molecule has 1 heterocycles. The van der Waals surface area contributed by atoms with Gasteiger partial charge < -0.3 is 23.3 Å². The predicted octanol–water partition coefficient (Wildman–Crippen LogP) is 5.21. The van der Waals surface area contributed by atoms with Gasteiger partial charge >= 0.3 is 13.6 Å². The van der Waals surface area contributed by atoms with Crippen LogP contribution >= 0.6 is 7.60 Å². The van der Waals surface area contributed by atoms with Crippen molar-refractivity contribution >= 4 is 13.6 Å². The van der Waals surface area contributed by atoms with E-state index in [0.29, 0.717) is 5.56 Å². The summed E-state index contributed by atoms with van der Waals surface area (Å²) < 4.78 is 42.3. The lowest BCUT2D eigenvalue weighted by Gasteiger charge is -2.40. The molecule has 0 unspecified atom stereocenters. The molecule has 4 atom stereocenters. The summed E-state index contributed by atoms with van der Waals surface area (Å²) in [6.45, 7) is 0.466. The summed E-state index contributed by atoms with van der Waals surface area (Å²) in [5, 5.41) is 0. The molecule has 34 heavy (non-hydrogen) atoms. The maximum Gasteiger partial charge on any atom is 0.373 e. The molecule has 3 aromatic carbocycles. The molecule has 8 heteroatoms. The average molecular weight is 482 g/mol. The summed E-state index contributed by atoms with van der Waals surface area (Å²) in [6.07, 6.45) is -1.52. The number of rotatable bonds is 9. The van der Waals surface area contributed by atoms with Crippen molar-refractivity contribution in [3.8, 4) is 0 Å². The molecule has 0 aromatic heterocycles. The van der Waals surface area contributed by atoms with Crippen molar-refractivity contribution in [3.63, 3.8) is 0 Å². The third kappa shape index (κ3) is 6.00. The monoisotopic (exact) mass is 482 g/mol. The van der Waals surface area contributed by atoms with Gasteiger partial charge in [0.05, 0.1) is 25.4 Å². The summed E-state index contributed by atoms with van der Waals surface area (Å²) in [4.78, 5) is 12.9. The Morgan fingerprint density at radius 2 is 1.38 bits per heavy atom. The fourth-order valence-corrected chi connectivity index (χ4v) is 5.30. The largest absolute Gasteiger partial charge is 0.443 e. The van der Waals surface area contributed by atoms with Gasteiger partial charge in [-0.1, -0.05) is 78.9 Å². The molecule has 4 rings (SSSR count). The highest BCUT2D eigenvalue weighted by Crippen LogP contribution is 2.58. The van der Waals surface area contributed by atoms with E-state index in [4.69, 9.17) is 23.3 Å². The Bertz CT molecular complexity index is 1090. The van der Waals surface area contributed by atoms with E-state index in [1.165, 1.54) is 7.11 Å². The van der Waals surface area contributed by atoms with Gasteiger partial charge in [-0.05, 0) is 23.3 Å². The van der Waals surface area contributed by atoms with Crippen LogP contribution in [0.4, 0.5) is 0 Å². The molecule has 1 saturated heterocycles. The van der Waals surface area contributed by atoms with Crippen LogP contribution in [0.2, 0.25) is 0 Å². The molecular weight excluding hydrogens is 455 g/mol. The molecule has 1 aliphatic heterocycles. The summed E-state index contributed by atoms with van der Waals surface area (Å²) in [7, 11) is -2.57. The highest BCUT2D eigenvalue weighted by Gasteiger charge is 2.53. The van der Waals surface area contributed by atoms with Crippen molar-refractivity contribution in [2.75, 3.05) is 13.7 Å². The number of esters is 1. The lowest BCUT2D eigenvalue weighted by atomic mass is 10.2. The van der Waals surface area contributed by atoms with E-state index < -0.39 is 31.6 Å². The van der Waals surface area contributed by atoms with E-state index in [1.54, 1.807) is 30.3 Å². The second-order valence-corrected chi connectivity index (χ2v) is 9.99. The SMILES string of the molecule is CO[P@]1(=O)OC[C@@H](OCc2ccccc2)[C@H](OCc2ccccc2)[C@H]1OC(=O)c1ccccc1. The van der Waals surface area contributed by atoms with Gasteiger partial charge in [0.15, 0.2) is 0 Å². The van der Waals surface area contributed by atoms with Crippen LogP contribution in [0.1, 0.15) is 21.5 Å². The van der Waals surface area contributed by atoms with Crippen LogP contribution in [0.25, 0.3) is 0 Å². The van der Waals surface area contributed by atoms with Crippen molar-refractivity contribution in [1.29, 1.82) is 0 Å². The van der Waals surface area contributed by atoms with Crippen LogP contribution in [0.5, 0.6) is 0 Å². The number of carbonyl (C=O) groups excluding carboxylic acids is 1. The number of ether oxygens (including phenoxy) is 3. The maximum atomic E-state index is 13.5. The predicted molar refractivity (Wildman–Crippen MR) is 126 cm³/mol. The first-order valence-corrected chi connectivity index (χ1v) is 12.6. The van der Waals surface area contributed by atoms with Gasteiger partial charge in [-0.2, -0.15) is 0 Å². The fraction of sp³-hybridized carbons (Fsp3) is 0.269. The van der Waals surface area contributed by atoms with E-state index in [9.17, 15) is 9.36 Å². The number of hydrogen-bond acceptors (Lipinski definition) is 7. The first kappa shape index (κ1) is 24.3. The zero-order chi connectivity index (χ0) is 23.8. The summed E-state index contributed by atoms with van der Waals surface area (Å²) in [5.74, 6) is -1.95. The molecular formula is C26H27O7P. The van der Waals surface area contributed by atoms with Crippen LogP contribution in [0, 0.1) is 0 Å². The minimum Gasteiger partial charge on any atom is -0.443 e. The first-order chi connectivity index (χ1) is 16.6. The molecule has 0 bridgehead atoms. The second-order valence-electron chi connectivity index (χ2n) is 7.78. The molecule has 0 saturated carbocycles. The van der Waals surface area contributed by atoms with E-state index in [2.05, 4.69) is 0 Å². The Labute approximate surface area is 199 Å². The van der Waals surface area contributed by atoms with Crippen molar-refractivity contribution in [2.24, 2.45) is 0 Å². The molecule has 0 spiro atoms. The summed E-state index contributed by atoms with van der Waals surface area (Å²) in [5.41, 5.74) is 2.19. The Balaban J connectivity index is 1.58. The molecule has 0 aliphatic carbocycles. The lowest BCUT2D eigenvalue weighted by molar-refractivity contribution is -0.147. The van der Waals surface area contributed by atoms with E-state index in [1.807, 2.05) is 60.7 Å². The van der Waals surface area contributed by atoms with Crippen LogP contribution < -0.4 is 0 Å². The molecule has 7 nitrogen and oxygen atoms in total. The quantitative estimate of drug-likeness (QED) is 0.306. The fourth-order valence-electron chi connectivity index (χ4n) is 3.63. The van der Waals surface area contributed by atoms with Gasteiger partial charge in [0.1, 0.15) is 12.2 Å². The average Bonchev–Trinajstić information content (AvgIpc) is 2.90. The minimum absolute atomic E-state index is 0.0310. The molecule has 3 aromatic rings. The van der Waals surface area contributed by atoms with Crippen molar-refractivity contribution < 1.29 is 32.6 Å². The van der Waals surface area contributed by atoms with Crippen LogP contribution in [-0.4, -0.2) is 37.7 Å². The lowest BCUT2D eigenvalue weighted by Crippen LogP contribution is -2.49. The standard InChI is InChI=1S/C26H27O7P/c1-29-34(28)26(33-25(27)22-15-9-4-10-16-22)24(31-18-21-13-7-3-8-14-21)23(19-32-34)30-17-20-11-5-2-6-12-20/h2-16,23-24,26H,17-19H2,1H3/t23-,24+,26+,34+/m1/s1. The highest BCUT2D eigenvalue weighted by atomic mass is 31.2. The van der Waals surface area contributed by atoms with E-state index >= 15 is 0 Å². The second kappa shape index (κ2) is 11.6. The van der Waals surface area contributed by atoms with Crippen molar-refractivity contribution in [3.05, 3.63) is 108 Å². The Morgan fingerprint density at radius 3 is 1.94 bits per heavy atom. The molecule has 0 amide bonds. The zero-order valence-electron chi connectivity index (χ0n) is 18.8. The van der Waals surface area contributed by atoms with E-state index in [-0.39, 0.29) is 19.8 Å². The van der Waals surface area contributed by atoms with Gasteiger partial charge in [-0.3, -0.25) is 4.57 Å². The number of carbonyl (C=O) groups is 1. The first-order valence-electron chi connectivity index (χ1n) is 11.0. The third-order valence-electron chi connectivity index (χ3n) is 5.46. The Morgan fingerprint density at radius 1 is 0.853 bits per heavy atom. The van der Waals surface area contributed by atoms with Gasteiger partial charge in [-0.15, -0.1) is 0 Å². The number of hydrogen-bond donors (Lipinski definition) is 0. The topological polar surface area (TPSA) is 80.3 Å². The van der Waals surface area contributed by atoms with Gasteiger partial charge in [0.25, 0.3) is 0 Å². The number of benzene rings is 3. The smallest absolute Gasteiger partial charge is 0.373 e. The van der Waals surface area contributed by atoms with Gasteiger partial charge in [-0.25, -0.2) is 4.79 Å². The summed E-state index contributed by atoms with van der Waals surface area (Å²) in [6, 6.07) is 27.7. The zero-order valence-corrected chi connectivity index (χ0v) is 19.7. The highest BCUT2D eigenvalue weighted by molar-refractivity contribution is 7.54. The summed E-state index contributed by atoms with van der Waals surface area (Å²) >= 11 is 0. The molecule has 0 radical (unpaired) electrons. The van der Waals surface area contributed by atoms with Crippen LogP contribution in [0.15, 0.2) is 91.0 Å². The minimum atomic E-state index is -3.84. The molecule has 0 N–H and O–H groups in total. The molecule has 1 fully saturated rings.